The Morgan fingerprint density at radius 2 is 1.68 bits per heavy atom. The second-order valence-electron chi connectivity index (χ2n) is 17.9. The molecule has 21 heteroatoms. The molecule has 2 aromatic rings. The number of amides is 1. The van der Waals surface area contributed by atoms with Crippen LogP contribution in [0.4, 0.5) is 5.69 Å². The number of nitrogens with one attached hydrogen (secondary N) is 2. The van der Waals surface area contributed by atoms with Gasteiger partial charge in [-0.15, -0.1) is 0 Å². The van der Waals surface area contributed by atoms with E-state index in [1.165, 1.54) is 59.4 Å². The number of piperidine rings is 1. The maximum Gasteiger partial charge on any atom is 0.312 e. The molecular formula is C48H67N7O14. The fraction of sp³-hybridized carbons (Fsp3) is 0.583. The van der Waals surface area contributed by atoms with Crippen LogP contribution in [0.1, 0.15) is 82.8 Å². The van der Waals surface area contributed by atoms with Crippen molar-refractivity contribution in [3.05, 3.63) is 63.3 Å². The number of carbonyl (C=O) groups is 3. The van der Waals surface area contributed by atoms with Crippen LogP contribution in [0.2, 0.25) is 0 Å². The Labute approximate surface area is 401 Å². The lowest BCUT2D eigenvalue weighted by Gasteiger charge is -2.38. The highest BCUT2D eigenvalue weighted by Gasteiger charge is 2.50. The molecule has 1 saturated heterocycles. The van der Waals surface area contributed by atoms with Crippen LogP contribution in [0, 0.1) is 30.6 Å². The Kier molecular flexibility index (Phi) is 18.8. The van der Waals surface area contributed by atoms with Crippen molar-refractivity contribution in [2.45, 2.75) is 104 Å². The van der Waals surface area contributed by atoms with Crippen molar-refractivity contribution in [3.63, 3.8) is 0 Å². The van der Waals surface area contributed by atoms with Crippen molar-refractivity contribution in [1.29, 1.82) is 0 Å². The summed E-state index contributed by atoms with van der Waals surface area (Å²) in [6.07, 6.45) is 6.04. The molecule has 0 aliphatic carbocycles. The van der Waals surface area contributed by atoms with E-state index in [1.807, 2.05) is 0 Å². The fourth-order valence-corrected chi connectivity index (χ4v) is 8.82. The highest BCUT2D eigenvalue weighted by Crippen LogP contribution is 2.55. The largest absolute Gasteiger partial charge is 0.507 e. The van der Waals surface area contributed by atoms with Crippen LogP contribution in [0.25, 0.3) is 21.2 Å². The van der Waals surface area contributed by atoms with Crippen LogP contribution in [0.3, 0.4) is 0 Å². The predicted octanol–water partition coefficient (Wildman–Crippen LogP) is 5.44. The third kappa shape index (κ3) is 12.5. The summed E-state index contributed by atoms with van der Waals surface area (Å²) < 4.78 is 34.7. The molecule has 4 aliphatic rings. The first kappa shape index (κ1) is 54.0. The normalized spacial score (nSPS) is 29.0. The quantitative estimate of drug-likeness (QED) is 0.0151. The number of allylic oxidation sites excluding steroid dienone is 2. The van der Waals surface area contributed by atoms with Crippen molar-refractivity contribution in [2.24, 2.45) is 33.9 Å². The van der Waals surface area contributed by atoms with Gasteiger partial charge in [0.05, 0.1) is 79.5 Å². The number of azide groups is 1. The number of methoxy groups -OCH3 is 1. The zero-order valence-corrected chi connectivity index (χ0v) is 40.7. The molecule has 69 heavy (non-hydrogen) atoms. The molecule has 0 aromatic heterocycles. The molecule has 378 valence electrons. The number of aromatic hydroxyl groups is 3. The standard InChI is InChI=1S/C48H67N7O14/c1-25-11-10-12-26(2)47(63)53-38-33(23-52-55-17-13-32(14-18-55)50-24-66-22-21-65-20-16-51-54-49)42(60)35-36(43(38)61)41(59)30(6)45-37(35)46(62)48(8,69-45)67-19-15-34(64-9)27(3)44(68-31(7)56)29(5)40(58)28(4)39(25)57/h10-12,15,19,23,25,27-29,32,34,39-40,44,50,57-61H,13-14,16-18,20-22,24H2,1-9H3,(H,53,63)/b11-10+,19-15+,26-12-,52-23+/t25-,27+,28+,29+,34-,39-,40+,44+,48-/m0/s1. The van der Waals surface area contributed by atoms with Gasteiger partial charge in [-0.1, -0.05) is 51.0 Å². The van der Waals surface area contributed by atoms with Gasteiger partial charge in [0.15, 0.2) is 5.75 Å². The highest BCUT2D eigenvalue weighted by molar-refractivity contribution is 6.23. The molecule has 4 heterocycles. The van der Waals surface area contributed by atoms with E-state index in [0.717, 1.165) is 0 Å². The molecule has 6 rings (SSSR count). The van der Waals surface area contributed by atoms with Crippen LogP contribution < -0.4 is 15.4 Å². The summed E-state index contributed by atoms with van der Waals surface area (Å²) >= 11 is 0. The van der Waals surface area contributed by atoms with Crippen molar-refractivity contribution < 1.29 is 68.3 Å². The van der Waals surface area contributed by atoms with Gasteiger partial charge in [0, 0.05) is 91.7 Å². The Morgan fingerprint density at radius 1 is 0.986 bits per heavy atom. The summed E-state index contributed by atoms with van der Waals surface area (Å²) in [7, 11) is 1.43. The van der Waals surface area contributed by atoms with Crippen molar-refractivity contribution in [1.82, 2.24) is 10.3 Å². The number of esters is 1. The second-order valence-corrected chi connectivity index (χ2v) is 17.9. The molecule has 9 atom stereocenters. The van der Waals surface area contributed by atoms with E-state index in [0.29, 0.717) is 52.5 Å². The molecule has 1 amide bonds. The molecule has 0 saturated carbocycles. The van der Waals surface area contributed by atoms with Gasteiger partial charge in [0.25, 0.3) is 11.7 Å². The summed E-state index contributed by atoms with van der Waals surface area (Å²) in [5.41, 5.74) is 7.85. The number of aliphatic hydroxyl groups is 2. The zero-order chi connectivity index (χ0) is 50.7. The number of ether oxygens (including phenoxy) is 6. The fourth-order valence-electron chi connectivity index (χ4n) is 8.82. The Bertz CT molecular complexity index is 2360. The molecule has 1 fully saturated rings. The van der Waals surface area contributed by atoms with Crippen LogP contribution in [0.15, 0.2) is 46.4 Å². The Balaban J connectivity index is 1.54. The van der Waals surface area contributed by atoms with Gasteiger partial charge in [0.1, 0.15) is 23.4 Å². The molecule has 0 spiro atoms. The van der Waals surface area contributed by atoms with Gasteiger partial charge in [-0.25, -0.2) is 0 Å². The maximum absolute atomic E-state index is 14.6. The lowest BCUT2D eigenvalue weighted by atomic mass is 9.78. The van der Waals surface area contributed by atoms with Crippen LogP contribution in [-0.2, 0) is 33.3 Å². The maximum atomic E-state index is 14.6. The number of hydrogen-bond donors (Lipinski definition) is 7. The van der Waals surface area contributed by atoms with E-state index in [4.69, 9.17) is 34.0 Å². The summed E-state index contributed by atoms with van der Waals surface area (Å²) in [6, 6.07) is 0.105. The monoisotopic (exact) mass is 965 g/mol. The summed E-state index contributed by atoms with van der Waals surface area (Å²) in [4.78, 5) is 43.5. The van der Waals surface area contributed by atoms with Gasteiger partial charge >= 0.3 is 11.8 Å². The van der Waals surface area contributed by atoms with Crippen molar-refractivity contribution >= 4 is 40.3 Å². The van der Waals surface area contributed by atoms with Gasteiger partial charge in [0.2, 0.25) is 0 Å². The third-order valence-corrected chi connectivity index (χ3v) is 13.1. The van der Waals surface area contributed by atoms with E-state index in [1.54, 1.807) is 44.9 Å². The Hall–Kier alpha value is -5.93. The minimum absolute atomic E-state index is 0.0328. The van der Waals surface area contributed by atoms with Crippen molar-refractivity contribution in [3.8, 4) is 23.0 Å². The number of hydrogen-bond acceptors (Lipinski definition) is 18. The molecule has 4 aliphatic heterocycles. The lowest BCUT2D eigenvalue weighted by Crippen LogP contribution is -2.46. The predicted molar refractivity (Wildman–Crippen MR) is 255 cm³/mol. The van der Waals surface area contributed by atoms with Crippen molar-refractivity contribution in [2.75, 3.05) is 58.6 Å². The number of ketones is 1. The number of rotatable bonds is 13. The topological polar surface area (TPSA) is 296 Å². The Morgan fingerprint density at radius 3 is 2.35 bits per heavy atom. The number of phenolic OH excluding ortho intramolecular Hbond substituents is 3. The smallest absolute Gasteiger partial charge is 0.312 e. The number of hydrazone groups is 1. The number of fused-ring (bicyclic) bond motifs is 14. The lowest BCUT2D eigenvalue weighted by molar-refractivity contribution is -0.160. The molecule has 5 bridgehead atoms. The molecule has 0 unspecified atom stereocenters. The average molecular weight is 966 g/mol. The number of benzene rings is 2. The van der Waals surface area contributed by atoms with Gasteiger partial charge in [-0.2, -0.15) is 5.10 Å². The number of aliphatic hydroxyl groups excluding tert-OH is 2. The van der Waals surface area contributed by atoms with E-state index < -0.39 is 88.8 Å². The molecule has 0 radical (unpaired) electrons. The number of Topliss-reactive ketones (excluding diaryl/α,β-unsaturated/α-hetero) is 1. The first-order valence-corrected chi connectivity index (χ1v) is 23.0. The third-order valence-electron chi connectivity index (χ3n) is 13.1. The van der Waals surface area contributed by atoms with Crippen LogP contribution >= 0.6 is 0 Å². The summed E-state index contributed by atoms with van der Waals surface area (Å²) in [5.74, 6) is -8.65. The molecular weight excluding hydrogens is 899 g/mol. The zero-order valence-electron chi connectivity index (χ0n) is 40.7. The minimum Gasteiger partial charge on any atom is -0.507 e. The highest BCUT2D eigenvalue weighted by atomic mass is 16.7. The van der Waals surface area contributed by atoms with E-state index in [9.17, 15) is 39.9 Å². The number of phenols is 3. The SMILES string of the molecule is CO[C@H]1/C=C/O[C@@]2(C)Oc3c(C)c(O)c4c(O)c(c(/C=N/N5CCC(NCOCCOCCN=[N+]=[N-])CC5)c(O)c4c3C2=O)NC(=O)/C(C)=C\C=C\[C@H](C)[C@H](O)[C@@H](C)[C@@H](O)[C@@H](C)[C@H](OC(C)=O)[C@@H]1C. The molecule has 2 aromatic carbocycles. The number of carbonyl (C=O) groups excluding carboxylic acids is 3. The van der Waals surface area contributed by atoms with Crippen LogP contribution in [-0.4, -0.2) is 144 Å². The number of nitrogens with zero attached hydrogens (tertiary/aromatic N) is 5. The average Bonchev–Trinajstić information content (AvgIpc) is 3.59. The number of anilines is 1. The van der Waals surface area contributed by atoms with Crippen LogP contribution in [0.5, 0.6) is 23.0 Å². The molecule has 7 N–H and O–H groups in total. The van der Waals surface area contributed by atoms with Gasteiger partial charge < -0.3 is 59.3 Å². The molecule has 21 nitrogen and oxygen atoms in total. The van der Waals surface area contributed by atoms with E-state index in [2.05, 4.69) is 25.8 Å². The van der Waals surface area contributed by atoms with Gasteiger partial charge in [-0.05, 0) is 38.3 Å². The van der Waals surface area contributed by atoms with E-state index >= 15 is 0 Å². The first-order valence-electron chi connectivity index (χ1n) is 23.0. The summed E-state index contributed by atoms with van der Waals surface area (Å²) in [5, 5.41) is 74.2. The second kappa shape index (κ2) is 24.1. The minimum atomic E-state index is -2.08. The van der Waals surface area contributed by atoms with E-state index in [-0.39, 0.29) is 57.1 Å². The first-order chi connectivity index (χ1) is 32.8. The van der Waals surface area contributed by atoms with Gasteiger partial charge in [-0.3, -0.25) is 24.7 Å². The summed E-state index contributed by atoms with van der Waals surface area (Å²) in [6.45, 7) is 15.0.